The van der Waals surface area contributed by atoms with E-state index in [-0.39, 0.29) is 39.2 Å². The van der Waals surface area contributed by atoms with E-state index in [0.29, 0.717) is 12.3 Å². The molecule has 0 unspecified atom stereocenters. The Kier molecular flexibility index (Phi) is 7.51. The van der Waals surface area contributed by atoms with Crippen LogP contribution < -0.4 is 0 Å². The number of benzene rings is 1. The Labute approximate surface area is 269 Å². The molecule has 6 nitrogen and oxygen atoms in total. The van der Waals surface area contributed by atoms with Crippen LogP contribution in [-0.4, -0.2) is 39.5 Å². The smallest absolute Gasteiger partial charge is 0.331 e. The van der Waals surface area contributed by atoms with Gasteiger partial charge in [0.15, 0.2) is 0 Å². The summed E-state index contributed by atoms with van der Waals surface area (Å²) in [4.78, 5) is 26.0. The summed E-state index contributed by atoms with van der Waals surface area (Å²) >= 11 is 0. The van der Waals surface area contributed by atoms with E-state index >= 15 is 0 Å². The number of hydrogen-bond donors (Lipinski definition) is 3. The topological polar surface area (TPSA) is 104 Å². The first-order valence-corrected chi connectivity index (χ1v) is 17.2. The van der Waals surface area contributed by atoms with Crippen molar-refractivity contribution in [3.63, 3.8) is 0 Å². The van der Waals surface area contributed by atoms with Crippen molar-refractivity contribution in [2.75, 3.05) is 0 Å². The van der Waals surface area contributed by atoms with Gasteiger partial charge in [-0.25, -0.2) is 4.79 Å². The van der Waals surface area contributed by atoms with Crippen molar-refractivity contribution in [1.82, 2.24) is 0 Å². The molecule has 0 spiro atoms. The molecule has 6 rings (SSSR count). The summed E-state index contributed by atoms with van der Waals surface area (Å²) in [6, 6.07) is 6.62. The van der Waals surface area contributed by atoms with Gasteiger partial charge in [0.25, 0.3) is 0 Å². The van der Waals surface area contributed by atoms with Crippen LogP contribution in [-0.2, 0) is 14.3 Å². The lowest BCUT2D eigenvalue weighted by molar-refractivity contribution is -0.238. The molecule has 0 saturated heterocycles. The van der Waals surface area contributed by atoms with Crippen LogP contribution in [0.5, 0.6) is 5.75 Å². The van der Waals surface area contributed by atoms with E-state index in [1.165, 1.54) is 11.6 Å². The maximum Gasteiger partial charge on any atom is 0.331 e. The Hall–Kier alpha value is -2.60. The second kappa shape index (κ2) is 10.5. The number of carbonyl (C=O) groups is 2. The average molecular weight is 619 g/mol. The molecule has 0 amide bonds. The number of aromatic hydroxyl groups is 1. The molecular weight excluding hydrogens is 564 g/mol. The van der Waals surface area contributed by atoms with Crippen LogP contribution in [0.4, 0.5) is 0 Å². The van der Waals surface area contributed by atoms with Crippen LogP contribution in [0.15, 0.2) is 42.0 Å². The fourth-order valence-electron chi connectivity index (χ4n) is 11.9. The van der Waals surface area contributed by atoms with Gasteiger partial charge in [-0.1, -0.05) is 72.2 Å². The van der Waals surface area contributed by atoms with E-state index in [1.54, 1.807) is 30.3 Å². The predicted molar refractivity (Wildman–Crippen MR) is 175 cm³/mol. The van der Waals surface area contributed by atoms with Crippen molar-refractivity contribution < 1.29 is 29.6 Å². The zero-order valence-corrected chi connectivity index (χ0v) is 28.4. The number of carbonyl (C=O) groups excluding carboxylic acids is 1. The number of hydrogen-bond acceptors (Lipinski definition) is 5. The molecule has 45 heavy (non-hydrogen) atoms. The van der Waals surface area contributed by atoms with Gasteiger partial charge in [-0.2, -0.15) is 0 Å². The van der Waals surface area contributed by atoms with E-state index in [9.17, 15) is 24.9 Å². The van der Waals surface area contributed by atoms with Crippen molar-refractivity contribution in [2.45, 2.75) is 118 Å². The maximum atomic E-state index is 13.0. The molecule has 0 aliphatic heterocycles. The largest absolute Gasteiger partial charge is 0.508 e. The molecular formula is C39H54O6. The number of ether oxygens (including phenoxy) is 1. The number of allylic oxidation sites excluding steroid dienone is 2. The van der Waals surface area contributed by atoms with Crippen LogP contribution in [0, 0.1) is 50.2 Å². The van der Waals surface area contributed by atoms with Gasteiger partial charge in [-0.3, -0.25) is 4.79 Å². The first-order valence-electron chi connectivity index (χ1n) is 17.2. The third-order valence-electron chi connectivity index (χ3n) is 14.5. The Bertz CT molecular complexity index is 1420. The third-order valence-corrected chi connectivity index (χ3v) is 14.5. The number of carboxylic acid groups (broad SMARTS) is 1. The molecule has 5 aliphatic carbocycles. The summed E-state index contributed by atoms with van der Waals surface area (Å²) in [5, 5.41) is 31.9. The second-order valence-electron chi connectivity index (χ2n) is 17.6. The number of aliphatic hydroxyl groups is 1. The minimum atomic E-state index is -0.780. The lowest BCUT2D eigenvalue weighted by Gasteiger charge is -2.71. The molecule has 4 saturated carbocycles. The van der Waals surface area contributed by atoms with E-state index in [1.807, 2.05) is 0 Å². The molecule has 5 aliphatic rings. The maximum absolute atomic E-state index is 13.0. The minimum absolute atomic E-state index is 0.0131. The van der Waals surface area contributed by atoms with Gasteiger partial charge in [0.1, 0.15) is 11.9 Å². The molecule has 0 aromatic heterocycles. The lowest BCUT2D eigenvalue weighted by Crippen LogP contribution is -2.67. The van der Waals surface area contributed by atoms with Crippen molar-refractivity contribution in [3.8, 4) is 5.75 Å². The highest BCUT2D eigenvalue weighted by Crippen LogP contribution is 2.75. The molecule has 3 N–H and O–H groups in total. The highest BCUT2D eigenvalue weighted by molar-refractivity contribution is 5.87. The van der Waals surface area contributed by atoms with Gasteiger partial charge in [0.2, 0.25) is 0 Å². The fourth-order valence-corrected chi connectivity index (χ4v) is 11.9. The van der Waals surface area contributed by atoms with Crippen molar-refractivity contribution in [3.05, 3.63) is 47.6 Å². The van der Waals surface area contributed by atoms with Gasteiger partial charge in [0, 0.05) is 11.5 Å². The Morgan fingerprint density at radius 2 is 1.56 bits per heavy atom. The first kappa shape index (κ1) is 32.3. The van der Waals surface area contributed by atoms with Crippen LogP contribution in [0.1, 0.15) is 112 Å². The number of aliphatic carboxylic acids is 1. The summed E-state index contributed by atoms with van der Waals surface area (Å²) in [5.41, 5.74) is 0.991. The number of phenols is 1. The quantitative estimate of drug-likeness (QED) is 0.179. The molecule has 1 aromatic carbocycles. The molecule has 0 bridgehead atoms. The zero-order chi connectivity index (χ0) is 32.8. The molecule has 9 atom stereocenters. The van der Waals surface area contributed by atoms with Crippen LogP contribution >= 0.6 is 0 Å². The molecule has 246 valence electrons. The summed E-state index contributed by atoms with van der Waals surface area (Å²) in [5.74, 6) is -0.230. The number of phenolic OH excluding ortho intramolecular Hbond substituents is 1. The van der Waals surface area contributed by atoms with Crippen LogP contribution in [0.2, 0.25) is 0 Å². The predicted octanol–water partition coefficient (Wildman–Crippen LogP) is 8.17. The normalized spacial score (nSPS) is 43.2. The van der Waals surface area contributed by atoms with E-state index in [4.69, 9.17) is 4.74 Å². The summed E-state index contributed by atoms with van der Waals surface area (Å²) < 4.78 is 6.04. The van der Waals surface area contributed by atoms with Gasteiger partial charge in [0.05, 0.1) is 11.5 Å². The highest BCUT2D eigenvalue weighted by atomic mass is 16.6. The van der Waals surface area contributed by atoms with Crippen molar-refractivity contribution >= 4 is 18.0 Å². The van der Waals surface area contributed by atoms with Gasteiger partial charge >= 0.3 is 11.9 Å². The summed E-state index contributed by atoms with van der Waals surface area (Å²) in [6.07, 6.45) is 12.0. The fraction of sp³-hybridized carbons (Fsp3) is 0.692. The number of esters is 1. The molecule has 0 radical (unpaired) electrons. The van der Waals surface area contributed by atoms with Gasteiger partial charge in [-0.05, 0) is 121 Å². The number of carboxylic acids is 1. The van der Waals surface area contributed by atoms with E-state index < -0.39 is 35.0 Å². The third kappa shape index (κ3) is 4.74. The molecule has 4 fully saturated rings. The van der Waals surface area contributed by atoms with Crippen LogP contribution in [0.25, 0.3) is 6.08 Å². The first-order chi connectivity index (χ1) is 20.9. The minimum Gasteiger partial charge on any atom is -0.508 e. The number of fused-ring (bicyclic) bond motifs is 7. The Balaban J connectivity index is 1.29. The summed E-state index contributed by atoms with van der Waals surface area (Å²) in [6.45, 7) is 16.3. The van der Waals surface area contributed by atoms with E-state index in [0.717, 1.165) is 56.9 Å². The lowest BCUT2D eigenvalue weighted by atomic mass is 9.33. The molecule has 0 heterocycles. The SMILES string of the molecule is CC1(C)CC[C@]2(C(=O)O)CC[C@]3(C)C(=CC[C@@H]4[C@@]5(C)C[C@@H](O)[C@H](OC(=O)/C=C/c6ccc(O)cc6)C(C)(C)[C@@H]5CC[C@]43C)[C@@H]2C1. The molecule has 1 aromatic rings. The van der Waals surface area contributed by atoms with E-state index in [2.05, 4.69) is 54.5 Å². The summed E-state index contributed by atoms with van der Waals surface area (Å²) in [7, 11) is 0. The number of aliphatic hydroxyl groups excluding tert-OH is 1. The Morgan fingerprint density at radius 1 is 0.889 bits per heavy atom. The van der Waals surface area contributed by atoms with Crippen LogP contribution in [0.3, 0.4) is 0 Å². The Morgan fingerprint density at radius 3 is 2.22 bits per heavy atom. The van der Waals surface area contributed by atoms with Crippen molar-refractivity contribution in [1.29, 1.82) is 0 Å². The highest BCUT2D eigenvalue weighted by Gasteiger charge is 2.70. The number of rotatable bonds is 4. The van der Waals surface area contributed by atoms with Gasteiger partial charge < -0.3 is 20.1 Å². The van der Waals surface area contributed by atoms with Crippen molar-refractivity contribution in [2.24, 2.45) is 50.2 Å². The van der Waals surface area contributed by atoms with Gasteiger partial charge in [-0.15, -0.1) is 0 Å². The monoisotopic (exact) mass is 618 g/mol. The second-order valence-corrected chi connectivity index (χ2v) is 17.6. The standard InChI is InChI=1S/C39H54O6/c1-34(2)18-20-39(33(43)44)21-19-37(6)26(27(39)22-34)13-14-30-36(5)23-28(41)32(35(3,4)29(36)16-17-38(30,37)7)45-31(42)15-10-24-8-11-25(40)12-9-24/h8-13,15,27-30,32,40-41H,14,16-23H2,1-7H3,(H,43,44)/b15-10+/t27-,28+,29-,30+,32-,36-,37+,38+,39-/m0/s1. The average Bonchev–Trinajstić information content (AvgIpc) is 2.94. The molecule has 6 heteroatoms. The zero-order valence-electron chi connectivity index (χ0n) is 28.4.